The van der Waals surface area contributed by atoms with Gasteiger partial charge in [-0.3, -0.25) is 4.90 Å². The first kappa shape index (κ1) is 12.8. The molecule has 4 heteroatoms. The molecule has 1 fully saturated rings. The molecular weight excluding hydrogens is 198 g/mol. The van der Waals surface area contributed by atoms with E-state index >= 15 is 0 Å². The van der Waals surface area contributed by atoms with E-state index in [0.29, 0.717) is 6.54 Å². The predicted molar refractivity (Wildman–Crippen MR) is 58.1 cm³/mol. The van der Waals surface area contributed by atoms with Gasteiger partial charge < -0.3 is 5.73 Å². The summed E-state index contributed by atoms with van der Waals surface area (Å²) >= 11 is 0. The van der Waals surface area contributed by atoms with Crippen LogP contribution in [-0.2, 0) is 0 Å². The Morgan fingerprint density at radius 1 is 1.33 bits per heavy atom. The Hall–Kier alpha value is -0.220. The molecule has 0 aromatic heterocycles. The quantitative estimate of drug-likeness (QED) is 0.743. The van der Waals surface area contributed by atoms with Gasteiger partial charge in [0.2, 0.25) is 0 Å². The Kier molecular flexibility index (Phi) is 4.93. The maximum atomic E-state index is 12.5. The van der Waals surface area contributed by atoms with Gasteiger partial charge in [-0.25, -0.2) is 8.78 Å². The normalized spacial score (nSPS) is 20.4. The van der Waals surface area contributed by atoms with Crippen molar-refractivity contribution >= 4 is 0 Å². The van der Waals surface area contributed by atoms with Crippen LogP contribution >= 0.6 is 0 Å². The molecule has 0 aromatic rings. The molecule has 0 heterocycles. The Bertz CT molecular complexity index is 179. The first-order valence-electron chi connectivity index (χ1n) is 5.88. The number of hydrogen-bond donors (Lipinski definition) is 1. The van der Waals surface area contributed by atoms with Gasteiger partial charge in [0.15, 0.2) is 0 Å². The molecule has 0 amide bonds. The second-order valence-electron chi connectivity index (χ2n) is 4.47. The lowest BCUT2D eigenvalue weighted by molar-refractivity contribution is 0.0240. The average molecular weight is 220 g/mol. The molecular formula is C11H22F2N2. The van der Waals surface area contributed by atoms with Crippen LogP contribution in [0.4, 0.5) is 8.78 Å². The predicted octanol–water partition coefficient (Wildman–Crippen LogP) is 2.24. The first-order chi connectivity index (χ1) is 7.14. The average Bonchev–Trinajstić information content (AvgIpc) is 2.66. The van der Waals surface area contributed by atoms with Crippen molar-refractivity contribution in [2.75, 3.05) is 19.6 Å². The Labute approximate surface area is 90.8 Å². The van der Waals surface area contributed by atoms with Crippen molar-refractivity contribution in [3.05, 3.63) is 0 Å². The Balaban J connectivity index is 2.66. The molecule has 1 saturated carbocycles. The SMILES string of the molecule is CCCN(CC(F)F)C1(CN)CCCC1. The molecule has 0 aromatic carbocycles. The molecule has 2 nitrogen and oxygen atoms in total. The van der Waals surface area contributed by atoms with Crippen LogP contribution in [0, 0.1) is 0 Å². The van der Waals surface area contributed by atoms with E-state index in [2.05, 4.69) is 0 Å². The van der Waals surface area contributed by atoms with Crippen molar-refractivity contribution in [2.24, 2.45) is 5.73 Å². The highest BCUT2D eigenvalue weighted by Gasteiger charge is 2.38. The molecule has 0 radical (unpaired) electrons. The molecule has 0 bridgehead atoms. The van der Waals surface area contributed by atoms with Crippen molar-refractivity contribution < 1.29 is 8.78 Å². The summed E-state index contributed by atoms with van der Waals surface area (Å²) < 4.78 is 25.0. The largest absolute Gasteiger partial charge is 0.329 e. The standard InChI is InChI=1S/C11H22F2N2/c1-2-7-15(8-10(12)13)11(9-14)5-3-4-6-11/h10H,2-9,14H2,1H3. The molecule has 0 saturated heterocycles. The Morgan fingerprint density at radius 3 is 2.33 bits per heavy atom. The lowest BCUT2D eigenvalue weighted by Gasteiger charge is -2.40. The van der Waals surface area contributed by atoms with E-state index in [1.165, 1.54) is 0 Å². The lowest BCUT2D eigenvalue weighted by atomic mass is 9.95. The summed E-state index contributed by atoms with van der Waals surface area (Å²) in [4.78, 5) is 1.92. The van der Waals surface area contributed by atoms with Crippen LogP contribution in [0.5, 0.6) is 0 Å². The van der Waals surface area contributed by atoms with Crippen molar-refractivity contribution in [2.45, 2.75) is 51.0 Å². The van der Waals surface area contributed by atoms with E-state index < -0.39 is 6.43 Å². The fourth-order valence-electron chi connectivity index (χ4n) is 2.64. The van der Waals surface area contributed by atoms with Gasteiger partial charge >= 0.3 is 0 Å². The van der Waals surface area contributed by atoms with E-state index in [1.54, 1.807) is 0 Å². The van der Waals surface area contributed by atoms with Crippen LogP contribution in [0.15, 0.2) is 0 Å². The van der Waals surface area contributed by atoms with Crippen LogP contribution in [0.25, 0.3) is 0 Å². The minimum absolute atomic E-state index is 0.120. The van der Waals surface area contributed by atoms with E-state index in [0.717, 1.165) is 38.6 Å². The lowest BCUT2D eigenvalue weighted by Crippen LogP contribution is -2.53. The van der Waals surface area contributed by atoms with Gasteiger partial charge in [-0.15, -0.1) is 0 Å². The molecule has 1 rings (SSSR count). The second-order valence-corrected chi connectivity index (χ2v) is 4.47. The number of nitrogens with zero attached hydrogens (tertiary/aromatic N) is 1. The number of nitrogens with two attached hydrogens (primary N) is 1. The van der Waals surface area contributed by atoms with E-state index in [9.17, 15) is 8.78 Å². The first-order valence-corrected chi connectivity index (χ1v) is 5.88. The highest BCUT2D eigenvalue weighted by molar-refractivity contribution is 4.95. The summed E-state index contributed by atoms with van der Waals surface area (Å²) in [6.45, 7) is 3.16. The van der Waals surface area contributed by atoms with E-state index in [-0.39, 0.29) is 12.1 Å². The molecule has 0 spiro atoms. The van der Waals surface area contributed by atoms with Crippen LogP contribution in [0.3, 0.4) is 0 Å². The van der Waals surface area contributed by atoms with Gasteiger partial charge in [0.05, 0.1) is 6.54 Å². The summed E-state index contributed by atoms with van der Waals surface area (Å²) in [7, 11) is 0. The number of alkyl halides is 2. The minimum atomic E-state index is -2.25. The van der Waals surface area contributed by atoms with Crippen molar-refractivity contribution in [1.82, 2.24) is 4.90 Å². The number of halogens is 2. The smallest absolute Gasteiger partial charge is 0.251 e. The third-order valence-electron chi connectivity index (χ3n) is 3.44. The summed E-state index contributed by atoms with van der Waals surface area (Å²) in [5.74, 6) is 0. The second kappa shape index (κ2) is 5.75. The molecule has 90 valence electrons. The summed E-state index contributed by atoms with van der Waals surface area (Å²) in [6.07, 6.45) is 2.88. The molecule has 15 heavy (non-hydrogen) atoms. The van der Waals surface area contributed by atoms with Gasteiger partial charge in [0.1, 0.15) is 0 Å². The van der Waals surface area contributed by atoms with E-state index in [1.807, 2.05) is 11.8 Å². The molecule has 1 aliphatic rings. The van der Waals surface area contributed by atoms with Gasteiger partial charge in [-0.1, -0.05) is 19.8 Å². The number of rotatable bonds is 6. The highest BCUT2D eigenvalue weighted by atomic mass is 19.3. The van der Waals surface area contributed by atoms with Crippen LogP contribution in [0.1, 0.15) is 39.0 Å². The maximum Gasteiger partial charge on any atom is 0.251 e. The third-order valence-corrected chi connectivity index (χ3v) is 3.44. The fourth-order valence-corrected chi connectivity index (χ4v) is 2.64. The van der Waals surface area contributed by atoms with Crippen molar-refractivity contribution in [1.29, 1.82) is 0 Å². The zero-order valence-electron chi connectivity index (χ0n) is 9.51. The highest BCUT2D eigenvalue weighted by Crippen LogP contribution is 2.34. The third kappa shape index (κ3) is 3.11. The molecule has 2 N–H and O–H groups in total. The van der Waals surface area contributed by atoms with Crippen molar-refractivity contribution in [3.63, 3.8) is 0 Å². The summed E-state index contributed by atoms with van der Waals surface area (Å²) in [6, 6.07) is 0. The van der Waals surface area contributed by atoms with Gasteiger partial charge in [0.25, 0.3) is 6.43 Å². The molecule has 0 atom stereocenters. The van der Waals surface area contributed by atoms with Gasteiger partial charge in [0, 0.05) is 12.1 Å². The van der Waals surface area contributed by atoms with Gasteiger partial charge in [-0.2, -0.15) is 0 Å². The number of hydrogen-bond acceptors (Lipinski definition) is 2. The summed E-state index contributed by atoms with van der Waals surface area (Å²) in [5.41, 5.74) is 5.66. The fraction of sp³-hybridized carbons (Fsp3) is 1.00. The zero-order valence-corrected chi connectivity index (χ0v) is 9.51. The monoisotopic (exact) mass is 220 g/mol. The molecule has 0 unspecified atom stereocenters. The Morgan fingerprint density at radius 2 is 1.93 bits per heavy atom. The van der Waals surface area contributed by atoms with Gasteiger partial charge in [-0.05, 0) is 25.8 Å². The van der Waals surface area contributed by atoms with Crippen LogP contribution in [0.2, 0.25) is 0 Å². The van der Waals surface area contributed by atoms with E-state index in [4.69, 9.17) is 5.73 Å². The van der Waals surface area contributed by atoms with Crippen LogP contribution in [-0.4, -0.2) is 36.5 Å². The molecule has 1 aliphatic carbocycles. The zero-order chi connectivity index (χ0) is 11.3. The summed E-state index contributed by atoms with van der Waals surface area (Å²) in [5, 5.41) is 0. The topological polar surface area (TPSA) is 29.3 Å². The van der Waals surface area contributed by atoms with Crippen molar-refractivity contribution in [3.8, 4) is 0 Å². The minimum Gasteiger partial charge on any atom is -0.329 e. The molecule has 0 aliphatic heterocycles. The van der Waals surface area contributed by atoms with Crippen LogP contribution < -0.4 is 5.73 Å². The maximum absolute atomic E-state index is 12.5.